The number of rotatable bonds is 6. The molecule has 0 spiro atoms. The predicted octanol–water partition coefficient (Wildman–Crippen LogP) is 2.40. The first-order chi connectivity index (χ1) is 18.2. The summed E-state index contributed by atoms with van der Waals surface area (Å²) in [5.74, 6) is -1.66. The van der Waals surface area contributed by atoms with Crippen LogP contribution >= 0.6 is 23.8 Å². The second kappa shape index (κ2) is 12.4. The van der Waals surface area contributed by atoms with Crippen LogP contribution in [0.25, 0.3) is 0 Å². The third kappa shape index (κ3) is 6.68. The molecule has 11 nitrogen and oxygen atoms in total. The first-order valence-corrected chi connectivity index (χ1v) is 12.5. The third-order valence-corrected chi connectivity index (χ3v) is 6.45. The summed E-state index contributed by atoms with van der Waals surface area (Å²) in [4.78, 5) is 31.5. The molecule has 3 N–H and O–H groups in total. The smallest absolute Gasteiger partial charge is 0.414 e. The van der Waals surface area contributed by atoms with Crippen LogP contribution in [0.2, 0.25) is 5.15 Å². The van der Waals surface area contributed by atoms with Gasteiger partial charge >= 0.3 is 12.1 Å². The highest BCUT2D eigenvalue weighted by atomic mass is 35.5. The Labute approximate surface area is 228 Å². The van der Waals surface area contributed by atoms with E-state index < -0.39 is 23.8 Å². The fraction of sp³-hybridized carbons (Fsp3) is 0.391. The number of hydrogen-bond acceptors (Lipinski definition) is 8. The number of nitrogens with one attached hydrogen (secondary N) is 3. The number of urea groups is 1. The number of aromatic nitrogens is 1. The molecule has 2 fully saturated rings. The van der Waals surface area contributed by atoms with E-state index in [4.69, 9.17) is 33.3 Å². The van der Waals surface area contributed by atoms with Gasteiger partial charge < -0.3 is 25.0 Å². The van der Waals surface area contributed by atoms with Gasteiger partial charge in [-0.15, -0.1) is 0 Å². The van der Waals surface area contributed by atoms with Crippen molar-refractivity contribution in [2.75, 3.05) is 56.2 Å². The highest BCUT2D eigenvalue weighted by Crippen LogP contribution is 2.31. The average Bonchev–Trinajstić information content (AvgIpc) is 3.10. The summed E-state index contributed by atoms with van der Waals surface area (Å²) in [7, 11) is 1.41. The predicted molar refractivity (Wildman–Crippen MR) is 140 cm³/mol. The molecule has 2 aliphatic heterocycles. The van der Waals surface area contributed by atoms with E-state index in [0.717, 1.165) is 22.6 Å². The topological polar surface area (TPSA) is 111 Å². The van der Waals surface area contributed by atoms with Crippen LogP contribution in [0.5, 0.6) is 0 Å². The highest BCUT2D eigenvalue weighted by molar-refractivity contribution is 7.80. The number of cyclic esters (lactones) is 1. The van der Waals surface area contributed by atoms with Crippen LogP contribution in [-0.4, -0.2) is 79.8 Å². The summed E-state index contributed by atoms with van der Waals surface area (Å²) in [6.45, 7) is 1.38. The van der Waals surface area contributed by atoms with Gasteiger partial charge in [0.05, 0.1) is 32.4 Å². The van der Waals surface area contributed by atoms with Crippen LogP contribution in [0.4, 0.5) is 29.7 Å². The lowest BCUT2D eigenvalue weighted by molar-refractivity contribution is 0.142. The second-order valence-electron chi connectivity index (χ2n) is 8.44. The number of carbonyl (C=O) groups excluding carboxylic acids is 2. The molecule has 0 aliphatic carbocycles. The summed E-state index contributed by atoms with van der Waals surface area (Å²) >= 11 is 10.7. The van der Waals surface area contributed by atoms with Gasteiger partial charge in [-0.25, -0.2) is 28.8 Å². The van der Waals surface area contributed by atoms with Gasteiger partial charge in [-0.3, -0.25) is 9.91 Å². The van der Waals surface area contributed by atoms with E-state index in [1.54, 1.807) is 18.3 Å². The Balaban J connectivity index is 1.36. The minimum atomic E-state index is -0.830. The molecule has 2 aliphatic rings. The van der Waals surface area contributed by atoms with Crippen LogP contribution in [0.3, 0.4) is 0 Å². The van der Waals surface area contributed by atoms with Crippen molar-refractivity contribution in [3.63, 3.8) is 0 Å². The van der Waals surface area contributed by atoms with Gasteiger partial charge in [0.1, 0.15) is 16.9 Å². The van der Waals surface area contributed by atoms with E-state index in [1.807, 2.05) is 0 Å². The van der Waals surface area contributed by atoms with Crippen molar-refractivity contribution in [1.29, 1.82) is 0 Å². The molecule has 2 saturated heterocycles. The summed E-state index contributed by atoms with van der Waals surface area (Å²) in [5, 5.41) is 7.40. The summed E-state index contributed by atoms with van der Waals surface area (Å²) in [6, 6.07) is 5.18. The minimum absolute atomic E-state index is 0.0382. The van der Waals surface area contributed by atoms with Crippen molar-refractivity contribution >= 4 is 52.5 Å². The van der Waals surface area contributed by atoms with E-state index in [0.29, 0.717) is 5.15 Å². The standard InChI is InChI=1S/C23H26ClF2N7O4S/c1-36-22(38)29-12-16-13-32(23(35)37-16)15-8-17(25)20(18(26)9-15)31-5-4-30-33(7-6-31)21(34)28-11-14-2-3-19(24)27-10-14/h2-3,8-10,16,30H,4-7,11-13H2,1H3,(H,28,34)(H,29,38)/t16-/m0/s1. The Kier molecular flexibility index (Phi) is 8.97. The zero-order valence-electron chi connectivity index (χ0n) is 20.4. The summed E-state index contributed by atoms with van der Waals surface area (Å²) in [5.41, 5.74) is 3.53. The molecule has 1 atom stereocenters. The number of halogens is 3. The normalized spacial score (nSPS) is 17.6. The first-order valence-electron chi connectivity index (χ1n) is 11.7. The van der Waals surface area contributed by atoms with E-state index >= 15 is 8.78 Å². The summed E-state index contributed by atoms with van der Waals surface area (Å²) < 4.78 is 40.4. The number of benzene rings is 1. The van der Waals surface area contributed by atoms with Crippen LogP contribution in [-0.2, 0) is 16.0 Å². The van der Waals surface area contributed by atoms with Gasteiger partial charge in [0.2, 0.25) is 0 Å². The van der Waals surface area contributed by atoms with Crippen molar-refractivity contribution in [3.8, 4) is 0 Å². The molecule has 3 heterocycles. The quantitative estimate of drug-likeness (QED) is 0.357. The van der Waals surface area contributed by atoms with Crippen molar-refractivity contribution < 1.29 is 27.8 Å². The van der Waals surface area contributed by atoms with Gasteiger partial charge in [0.25, 0.3) is 5.17 Å². The summed E-state index contributed by atoms with van der Waals surface area (Å²) in [6.07, 6.45) is 0.262. The Morgan fingerprint density at radius 2 is 2.03 bits per heavy atom. The number of amides is 3. The molecule has 0 radical (unpaired) electrons. The minimum Gasteiger partial charge on any atom is -0.474 e. The van der Waals surface area contributed by atoms with E-state index in [-0.39, 0.29) is 68.4 Å². The number of thiocarbonyl (C=S) groups is 1. The van der Waals surface area contributed by atoms with Crippen molar-refractivity contribution in [1.82, 2.24) is 26.1 Å². The lowest BCUT2D eigenvalue weighted by Gasteiger charge is -2.25. The number of hydrazine groups is 1. The SMILES string of the molecule is COC(=S)NC[C@H]1CN(c2cc(F)c(N3CCNN(C(=O)NCc4ccc(Cl)nc4)CC3)c(F)c2)C(=O)O1. The van der Waals surface area contributed by atoms with Crippen molar-refractivity contribution in [2.45, 2.75) is 12.6 Å². The average molecular weight is 570 g/mol. The Morgan fingerprint density at radius 3 is 2.71 bits per heavy atom. The number of methoxy groups -OCH3 is 1. The number of pyridine rings is 1. The van der Waals surface area contributed by atoms with Gasteiger partial charge in [0, 0.05) is 44.5 Å². The Morgan fingerprint density at radius 1 is 1.26 bits per heavy atom. The van der Waals surface area contributed by atoms with Crippen LogP contribution < -0.4 is 25.9 Å². The van der Waals surface area contributed by atoms with Crippen molar-refractivity contribution in [2.24, 2.45) is 0 Å². The number of carbonyl (C=O) groups is 2. The fourth-order valence-electron chi connectivity index (χ4n) is 4.03. The molecule has 0 unspecified atom stereocenters. The van der Waals surface area contributed by atoms with Crippen LogP contribution in [0.1, 0.15) is 5.56 Å². The molecule has 1 aromatic heterocycles. The van der Waals surface area contributed by atoms with E-state index in [9.17, 15) is 9.59 Å². The molecule has 2 aromatic rings. The van der Waals surface area contributed by atoms with Crippen LogP contribution in [0.15, 0.2) is 30.5 Å². The molecule has 204 valence electrons. The van der Waals surface area contributed by atoms with Gasteiger partial charge in [0.15, 0.2) is 11.6 Å². The number of anilines is 2. The van der Waals surface area contributed by atoms with Crippen LogP contribution in [0, 0.1) is 11.6 Å². The Hall–Kier alpha value is -3.49. The number of nitrogens with zero attached hydrogens (tertiary/aromatic N) is 4. The highest BCUT2D eigenvalue weighted by Gasteiger charge is 2.34. The molecule has 0 bridgehead atoms. The molecule has 15 heteroatoms. The van der Waals surface area contributed by atoms with Gasteiger partial charge in [-0.2, -0.15) is 0 Å². The second-order valence-corrected chi connectivity index (χ2v) is 9.20. The zero-order valence-corrected chi connectivity index (χ0v) is 22.0. The van der Waals surface area contributed by atoms with E-state index in [2.05, 4.69) is 21.0 Å². The number of ether oxygens (including phenoxy) is 2. The lowest BCUT2D eigenvalue weighted by Crippen LogP contribution is -2.48. The maximum Gasteiger partial charge on any atom is 0.414 e. The molecular weight excluding hydrogens is 544 g/mol. The zero-order chi connectivity index (χ0) is 27.2. The fourth-order valence-corrected chi connectivity index (χ4v) is 4.23. The first kappa shape index (κ1) is 27.5. The molecule has 3 amide bonds. The molecule has 38 heavy (non-hydrogen) atoms. The molecule has 0 saturated carbocycles. The Bertz CT molecular complexity index is 1170. The lowest BCUT2D eigenvalue weighted by atomic mass is 10.2. The maximum atomic E-state index is 15.2. The monoisotopic (exact) mass is 569 g/mol. The molecular formula is C23H26ClF2N7O4S. The van der Waals surface area contributed by atoms with Gasteiger partial charge in [-0.05, 0) is 23.8 Å². The molecule has 4 rings (SSSR count). The van der Waals surface area contributed by atoms with Crippen molar-refractivity contribution in [3.05, 3.63) is 52.8 Å². The maximum absolute atomic E-state index is 15.2. The van der Waals surface area contributed by atoms with E-state index in [1.165, 1.54) is 17.0 Å². The van der Waals surface area contributed by atoms with Gasteiger partial charge in [-0.1, -0.05) is 17.7 Å². The number of hydrogen-bond donors (Lipinski definition) is 3. The largest absolute Gasteiger partial charge is 0.474 e. The third-order valence-electron chi connectivity index (χ3n) is 5.92. The molecule has 1 aromatic carbocycles.